The fourth-order valence-corrected chi connectivity index (χ4v) is 5.33. The van der Waals surface area contributed by atoms with Crippen molar-refractivity contribution in [3.8, 4) is 5.88 Å². The Bertz CT molecular complexity index is 807. The lowest BCUT2D eigenvalue weighted by atomic mass is 9.83. The molecule has 4 N–H and O–H groups in total. The minimum atomic E-state index is -0.258. The summed E-state index contributed by atoms with van der Waals surface area (Å²) in [5.74, 6) is 0.559. The van der Waals surface area contributed by atoms with E-state index in [1.54, 1.807) is 17.7 Å². The van der Waals surface area contributed by atoms with E-state index in [4.69, 9.17) is 16.2 Å². The fourth-order valence-electron chi connectivity index (χ4n) is 4.10. The predicted molar refractivity (Wildman–Crippen MR) is 97.8 cm³/mol. The molecule has 0 radical (unpaired) electrons. The van der Waals surface area contributed by atoms with E-state index in [1.165, 1.54) is 10.4 Å². The minimum absolute atomic E-state index is 0.0862. The van der Waals surface area contributed by atoms with Crippen LogP contribution >= 0.6 is 11.3 Å². The number of hydrogen-bond donors (Lipinski definition) is 2. The Morgan fingerprint density at radius 3 is 2.84 bits per heavy atom. The number of thiophene rings is 1. The van der Waals surface area contributed by atoms with Crippen LogP contribution < -0.4 is 16.2 Å². The Hall–Kier alpha value is -1.73. The first-order chi connectivity index (χ1) is 11.9. The Morgan fingerprint density at radius 2 is 2.12 bits per heavy atom. The van der Waals surface area contributed by atoms with Crippen LogP contribution in [0, 0.1) is 0 Å². The van der Waals surface area contributed by atoms with Crippen molar-refractivity contribution in [3.05, 3.63) is 16.8 Å². The number of aromatic nitrogens is 2. The monoisotopic (exact) mass is 360 g/mol. The lowest BCUT2D eigenvalue weighted by Gasteiger charge is -2.34. The topological polar surface area (TPSA) is 104 Å². The summed E-state index contributed by atoms with van der Waals surface area (Å²) in [5.41, 5.74) is 12.8. The van der Waals surface area contributed by atoms with Gasteiger partial charge in [0.15, 0.2) is 0 Å². The van der Waals surface area contributed by atoms with Crippen LogP contribution in [0.15, 0.2) is 6.33 Å². The van der Waals surface area contributed by atoms with Gasteiger partial charge in [-0.3, -0.25) is 4.79 Å². The van der Waals surface area contributed by atoms with Gasteiger partial charge < -0.3 is 16.2 Å². The van der Waals surface area contributed by atoms with Crippen LogP contribution in [0.25, 0.3) is 10.2 Å². The molecule has 4 rings (SSSR count). The summed E-state index contributed by atoms with van der Waals surface area (Å²) >= 11 is 1.69. The number of primary amides is 1. The van der Waals surface area contributed by atoms with Crippen LogP contribution in [-0.4, -0.2) is 27.5 Å². The van der Waals surface area contributed by atoms with Crippen molar-refractivity contribution in [2.24, 2.45) is 11.5 Å². The van der Waals surface area contributed by atoms with Gasteiger partial charge in [0.25, 0.3) is 0 Å². The zero-order chi connectivity index (χ0) is 17.6. The molecule has 1 amide bonds. The highest BCUT2D eigenvalue weighted by atomic mass is 32.1. The zero-order valence-electron chi connectivity index (χ0n) is 14.5. The maximum Gasteiger partial charge on any atom is 0.225 e. The Kier molecular flexibility index (Phi) is 4.16. The van der Waals surface area contributed by atoms with Crippen LogP contribution in [0.1, 0.15) is 61.8 Å². The summed E-state index contributed by atoms with van der Waals surface area (Å²) in [5, 5.41) is 0.993. The first-order valence-corrected chi connectivity index (χ1v) is 9.75. The van der Waals surface area contributed by atoms with Gasteiger partial charge in [0.2, 0.25) is 11.8 Å². The summed E-state index contributed by atoms with van der Waals surface area (Å²) in [6.07, 6.45) is 7.82. The first-order valence-electron chi connectivity index (χ1n) is 8.93. The molecule has 2 aromatic rings. The fraction of sp³-hybridized carbons (Fsp3) is 0.611. The number of carbonyl (C=O) groups excluding carboxylic acids is 1. The number of hydrogen-bond acceptors (Lipinski definition) is 6. The van der Waals surface area contributed by atoms with Crippen molar-refractivity contribution in [2.45, 2.75) is 69.4 Å². The van der Waals surface area contributed by atoms with Gasteiger partial charge in [-0.25, -0.2) is 9.97 Å². The second-order valence-corrected chi connectivity index (χ2v) is 8.76. The third-order valence-electron chi connectivity index (χ3n) is 5.50. The van der Waals surface area contributed by atoms with E-state index in [0.717, 1.165) is 48.7 Å². The van der Waals surface area contributed by atoms with Gasteiger partial charge in [-0.05, 0) is 56.9 Å². The quantitative estimate of drug-likeness (QED) is 0.872. The van der Waals surface area contributed by atoms with E-state index >= 15 is 0 Å². The molecule has 2 aromatic heterocycles. The lowest BCUT2D eigenvalue weighted by Crippen LogP contribution is -2.42. The number of fused-ring (bicyclic) bond motifs is 3. The minimum Gasteiger partial charge on any atom is -0.474 e. The lowest BCUT2D eigenvalue weighted by molar-refractivity contribution is -0.118. The van der Waals surface area contributed by atoms with Gasteiger partial charge in [-0.15, -0.1) is 11.3 Å². The SMILES string of the molecule is C[C@]1(N)CC[C@H](Oc2ncnc3sc4c(c23)[C@@H](CC(N)=O)CC4)CC1. The molecule has 0 aromatic carbocycles. The van der Waals surface area contributed by atoms with Crippen LogP contribution in [0.5, 0.6) is 5.88 Å². The molecule has 25 heavy (non-hydrogen) atoms. The largest absolute Gasteiger partial charge is 0.474 e. The molecule has 2 heterocycles. The van der Waals surface area contributed by atoms with E-state index in [0.29, 0.717) is 12.3 Å². The van der Waals surface area contributed by atoms with Gasteiger partial charge in [-0.2, -0.15) is 0 Å². The summed E-state index contributed by atoms with van der Waals surface area (Å²) in [6.45, 7) is 2.10. The van der Waals surface area contributed by atoms with Gasteiger partial charge in [0, 0.05) is 16.8 Å². The average molecular weight is 360 g/mol. The van der Waals surface area contributed by atoms with Crippen molar-refractivity contribution < 1.29 is 9.53 Å². The third-order valence-corrected chi connectivity index (χ3v) is 6.67. The van der Waals surface area contributed by atoms with Crippen LogP contribution in [-0.2, 0) is 11.2 Å². The van der Waals surface area contributed by atoms with Gasteiger partial charge in [-0.1, -0.05) is 0 Å². The average Bonchev–Trinajstić information content (AvgIpc) is 3.09. The Balaban J connectivity index is 1.65. The van der Waals surface area contributed by atoms with E-state index in [2.05, 4.69) is 16.9 Å². The number of nitrogens with zero attached hydrogens (tertiary/aromatic N) is 2. The summed E-state index contributed by atoms with van der Waals surface area (Å²) in [6, 6.07) is 0. The van der Waals surface area contributed by atoms with Crippen molar-refractivity contribution in [2.75, 3.05) is 0 Å². The van der Waals surface area contributed by atoms with E-state index in [9.17, 15) is 4.79 Å². The van der Waals surface area contributed by atoms with Crippen LogP contribution in [0.2, 0.25) is 0 Å². The summed E-state index contributed by atoms with van der Waals surface area (Å²) < 4.78 is 6.28. The number of carbonyl (C=O) groups is 1. The number of aryl methyl sites for hydroxylation is 1. The molecule has 0 aliphatic heterocycles. The molecule has 7 heteroatoms. The summed E-state index contributed by atoms with van der Waals surface area (Å²) in [4.78, 5) is 22.5. The highest BCUT2D eigenvalue weighted by Gasteiger charge is 2.33. The van der Waals surface area contributed by atoms with E-state index < -0.39 is 0 Å². The molecule has 134 valence electrons. The van der Waals surface area contributed by atoms with E-state index in [-0.39, 0.29) is 23.5 Å². The molecular formula is C18H24N4O2S. The molecule has 6 nitrogen and oxygen atoms in total. The smallest absolute Gasteiger partial charge is 0.225 e. The molecule has 0 bridgehead atoms. The van der Waals surface area contributed by atoms with Crippen molar-refractivity contribution in [3.63, 3.8) is 0 Å². The third kappa shape index (κ3) is 3.22. The van der Waals surface area contributed by atoms with Crippen molar-refractivity contribution in [1.82, 2.24) is 9.97 Å². The van der Waals surface area contributed by atoms with Crippen molar-refractivity contribution in [1.29, 1.82) is 0 Å². The molecule has 1 atom stereocenters. The molecule has 2 aliphatic rings. The van der Waals surface area contributed by atoms with Gasteiger partial charge in [0.05, 0.1) is 5.39 Å². The molecule has 2 aliphatic carbocycles. The van der Waals surface area contributed by atoms with Crippen LogP contribution in [0.3, 0.4) is 0 Å². The molecule has 0 spiro atoms. The number of nitrogens with two attached hydrogens (primary N) is 2. The molecular weight excluding hydrogens is 336 g/mol. The second-order valence-electron chi connectivity index (χ2n) is 7.68. The van der Waals surface area contributed by atoms with Gasteiger partial charge in [0.1, 0.15) is 17.3 Å². The second kappa shape index (κ2) is 6.21. The number of ether oxygens (including phenoxy) is 1. The maximum atomic E-state index is 11.4. The van der Waals surface area contributed by atoms with Gasteiger partial charge >= 0.3 is 0 Å². The van der Waals surface area contributed by atoms with Crippen LogP contribution in [0.4, 0.5) is 0 Å². The summed E-state index contributed by atoms with van der Waals surface area (Å²) in [7, 11) is 0. The highest BCUT2D eigenvalue weighted by molar-refractivity contribution is 7.19. The number of rotatable bonds is 4. The predicted octanol–water partition coefficient (Wildman–Crippen LogP) is 2.64. The number of amides is 1. The molecule has 1 saturated carbocycles. The standard InChI is InChI=1S/C18H24N4O2S/c1-18(20)6-4-11(5-7-18)24-16-15-14-10(8-13(19)23)2-3-12(14)25-17(15)22-9-21-16/h9-11H,2-8,20H2,1H3,(H2,19,23)/t10-,11-,18-/m1/s1. The Morgan fingerprint density at radius 1 is 1.36 bits per heavy atom. The Labute approximate surface area is 151 Å². The normalized spacial score (nSPS) is 28.9. The zero-order valence-corrected chi connectivity index (χ0v) is 15.3. The first kappa shape index (κ1) is 16.7. The molecule has 1 fully saturated rings. The maximum absolute atomic E-state index is 11.4. The molecule has 0 saturated heterocycles. The molecule has 0 unspecified atom stereocenters. The van der Waals surface area contributed by atoms with Crippen molar-refractivity contribution >= 4 is 27.5 Å². The highest BCUT2D eigenvalue weighted by Crippen LogP contribution is 2.47. The van der Waals surface area contributed by atoms with E-state index in [1.807, 2.05) is 0 Å².